The van der Waals surface area contributed by atoms with Crippen LogP contribution in [0.2, 0.25) is 0 Å². The second kappa shape index (κ2) is 5.36. The number of aryl methyl sites for hydroxylation is 1. The molecule has 7 heteroatoms. The standard InChI is InChI=1S/C12H12BrNO4S/c1-8-3-2-4-10(12(8)13)14-19(16,17)11-6-5-9(7-15)18-11/h2-6,14-15H,7H2,1H3. The first-order chi connectivity index (χ1) is 8.94. The van der Waals surface area contributed by atoms with E-state index < -0.39 is 10.0 Å². The summed E-state index contributed by atoms with van der Waals surface area (Å²) < 4.78 is 32.3. The number of rotatable bonds is 4. The lowest BCUT2D eigenvalue weighted by atomic mass is 10.2. The molecule has 0 unspecified atom stereocenters. The van der Waals surface area contributed by atoms with Crippen LogP contribution in [0, 0.1) is 6.92 Å². The third kappa shape index (κ3) is 2.99. The molecule has 0 atom stereocenters. The summed E-state index contributed by atoms with van der Waals surface area (Å²) in [6.45, 7) is 1.52. The predicted molar refractivity (Wildman–Crippen MR) is 74.3 cm³/mol. The molecule has 1 heterocycles. The number of furan rings is 1. The van der Waals surface area contributed by atoms with Crippen molar-refractivity contribution in [1.82, 2.24) is 0 Å². The average Bonchev–Trinajstić information content (AvgIpc) is 2.84. The van der Waals surface area contributed by atoms with E-state index >= 15 is 0 Å². The van der Waals surface area contributed by atoms with Gasteiger partial charge in [0.05, 0.1) is 5.69 Å². The van der Waals surface area contributed by atoms with Gasteiger partial charge in [-0.3, -0.25) is 4.72 Å². The number of aliphatic hydroxyl groups is 1. The summed E-state index contributed by atoms with van der Waals surface area (Å²) >= 11 is 3.33. The van der Waals surface area contributed by atoms with Gasteiger partial charge in [0.25, 0.3) is 10.0 Å². The van der Waals surface area contributed by atoms with Crippen molar-refractivity contribution >= 4 is 31.6 Å². The van der Waals surface area contributed by atoms with Crippen LogP contribution in [0.15, 0.2) is 44.3 Å². The highest BCUT2D eigenvalue weighted by atomic mass is 79.9. The van der Waals surface area contributed by atoms with Crippen LogP contribution in [0.1, 0.15) is 11.3 Å². The zero-order chi connectivity index (χ0) is 14.0. The summed E-state index contributed by atoms with van der Waals surface area (Å²) in [5.41, 5.74) is 1.35. The number of hydrogen-bond acceptors (Lipinski definition) is 4. The van der Waals surface area contributed by atoms with Crippen LogP contribution in [-0.2, 0) is 16.6 Å². The Morgan fingerprint density at radius 2 is 2.05 bits per heavy atom. The number of benzene rings is 1. The van der Waals surface area contributed by atoms with E-state index in [1.807, 2.05) is 13.0 Å². The van der Waals surface area contributed by atoms with Crippen LogP contribution in [-0.4, -0.2) is 13.5 Å². The van der Waals surface area contributed by atoms with Crippen molar-refractivity contribution in [3.63, 3.8) is 0 Å². The van der Waals surface area contributed by atoms with Crippen molar-refractivity contribution < 1.29 is 17.9 Å². The quantitative estimate of drug-likeness (QED) is 0.892. The highest BCUT2D eigenvalue weighted by Gasteiger charge is 2.20. The SMILES string of the molecule is Cc1cccc(NS(=O)(=O)c2ccc(CO)o2)c1Br. The molecule has 2 rings (SSSR count). The first kappa shape index (κ1) is 14.1. The van der Waals surface area contributed by atoms with Gasteiger partial charge in [-0.2, -0.15) is 8.42 Å². The molecule has 0 spiro atoms. The number of aliphatic hydroxyl groups excluding tert-OH is 1. The summed E-state index contributed by atoms with van der Waals surface area (Å²) in [6, 6.07) is 7.97. The van der Waals surface area contributed by atoms with Gasteiger partial charge in [-0.05, 0) is 46.6 Å². The average molecular weight is 346 g/mol. The molecule has 0 fully saturated rings. The van der Waals surface area contributed by atoms with E-state index in [4.69, 9.17) is 9.52 Å². The fourth-order valence-electron chi connectivity index (χ4n) is 1.51. The van der Waals surface area contributed by atoms with Crippen molar-refractivity contribution in [2.75, 3.05) is 4.72 Å². The van der Waals surface area contributed by atoms with Gasteiger partial charge in [0, 0.05) is 4.47 Å². The van der Waals surface area contributed by atoms with Crippen molar-refractivity contribution in [3.05, 3.63) is 46.1 Å². The number of sulfonamides is 1. The molecule has 0 amide bonds. The van der Waals surface area contributed by atoms with Gasteiger partial charge in [-0.25, -0.2) is 0 Å². The normalized spacial score (nSPS) is 11.5. The number of anilines is 1. The van der Waals surface area contributed by atoms with E-state index in [1.165, 1.54) is 12.1 Å². The summed E-state index contributed by atoms with van der Waals surface area (Å²) in [5, 5.41) is 8.64. The minimum Gasteiger partial charge on any atom is -0.445 e. The molecule has 2 N–H and O–H groups in total. The van der Waals surface area contributed by atoms with Gasteiger partial charge in [0.2, 0.25) is 5.09 Å². The summed E-state index contributed by atoms with van der Waals surface area (Å²) in [6.07, 6.45) is 0. The van der Waals surface area contributed by atoms with Gasteiger partial charge in [0.15, 0.2) is 0 Å². The molecule has 0 saturated heterocycles. The van der Waals surface area contributed by atoms with Crippen LogP contribution in [0.3, 0.4) is 0 Å². The maximum absolute atomic E-state index is 12.1. The molecule has 5 nitrogen and oxygen atoms in total. The van der Waals surface area contributed by atoms with Crippen molar-refractivity contribution in [2.45, 2.75) is 18.6 Å². The second-order valence-corrected chi connectivity index (χ2v) is 6.33. The zero-order valence-electron chi connectivity index (χ0n) is 10.1. The highest BCUT2D eigenvalue weighted by Crippen LogP contribution is 2.28. The van der Waals surface area contributed by atoms with Crippen LogP contribution in [0.5, 0.6) is 0 Å². The minimum atomic E-state index is -3.80. The molecule has 0 aliphatic carbocycles. The van der Waals surface area contributed by atoms with Crippen LogP contribution in [0.25, 0.3) is 0 Å². The topological polar surface area (TPSA) is 79.5 Å². The first-order valence-corrected chi connectivity index (χ1v) is 7.69. The van der Waals surface area contributed by atoms with E-state index in [0.29, 0.717) is 10.2 Å². The number of nitrogens with one attached hydrogen (secondary N) is 1. The van der Waals surface area contributed by atoms with Crippen molar-refractivity contribution in [3.8, 4) is 0 Å². The fraction of sp³-hybridized carbons (Fsp3) is 0.167. The molecule has 2 aromatic rings. The minimum absolute atomic E-state index is 0.198. The predicted octanol–water partition coefficient (Wildman–Crippen LogP) is 2.64. The third-order valence-corrected chi connectivity index (χ3v) is 4.78. The van der Waals surface area contributed by atoms with Gasteiger partial charge >= 0.3 is 0 Å². The summed E-state index contributed by atoms with van der Waals surface area (Å²) in [4.78, 5) is 0. The van der Waals surface area contributed by atoms with Gasteiger partial charge in [-0.1, -0.05) is 12.1 Å². The Morgan fingerprint density at radius 3 is 2.68 bits per heavy atom. The highest BCUT2D eigenvalue weighted by molar-refractivity contribution is 9.10. The maximum Gasteiger partial charge on any atom is 0.295 e. The van der Waals surface area contributed by atoms with E-state index in [9.17, 15) is 8.42 Å². The monoisotopic (exact) mass is 345 g/mol. The largest absolute Gasteiger partial charge is 0.445 e. The number of hydrogen-bond donors (Lipinski definition) is 2. The van der Waals surface area contributed by atoms with E-state index in [0.717, 1.165) is 5.56 Å². The van der Waals surface area contributed by atoms with E-state index in [2.05, 4.69) is 20.7 Å². The van der Waals surface area contributed by atoms with Crippen molar-refractivity contribution in [1.29, 1.82) is 0 Å². The molecular weight excluding hydrogens is 334 g/mol. The maximum atomic E-state index is 12.1. The molecule has 0 radical (unpaired) electrons. The zero-order valence-corrected chi connectivity index (χ0v) is 12.5. The Balaban J connectivity index is 2.33. The van der Waals surface area contributed by atoms with Crippen LogP contribution < -0.4 is 4.72 Å². The summed E-state index contributed by atoms with van der Waals surface area (Å²) in [7, 11) is -3.80. The molecular formula is C12H12BrNO4S. The smallest absolute Gasteiger partial charge is 0.295 e. The van der Waals surface area contributed by atoms with Gasteiger partial charge < -0.3 is 9.52 Å². The molecule has 0 bridgehead atoms. The molecule has 1 aromatic carbocycles. The lowest BCUT2D eigenvalue weighted by molar-refractivity contribution is 0.236. The van der Waals surface area contributed by atoms with E-state index in [-0.39, 0.29) is 17.5 Å². The molecule has 0 aliphatic heterocycles. The molecule has 19 heavy (non-hydrogen) atoms. The van der Waals surface area contributed by atoms with E-state index in [1.54, 1.807) is 12.1 Å². The third-order valence-electron chi connectivity index (χ3n) is 2.49. The van der Waals surface area contributed by atoms with Gasteiger partial charge in [0.1, 0.15) is 12.4 Å². The van der Waals surface area contributed by atoms with Crippen LogP contribution >= 0.6 is 15.9 Å². The Labute approximate surface area is 119 Å². The summed E-state index contributed by atoms with van der Waals surface area (Å²) in [5.74, 6) is 0.198. The Morgan fingerprint density at radius 1 is 1.32 bits per heavy atom. The lowest BCUT2D eigenvalue weighted by Gasteiger charge is -2.09. The van der Waals surface area contributed by atoms with Crippen molar-refractivity contribution in [2.24, 2.45) is 0 Å². The lowest BCUT2D eigenvalue weighted by Crippen LogP contribution is -2.12. The molecule has 0 aliphatic rings. The first-order valence-electron chi connectivity index (χ1n) is 5.41. The van der Waals surface area contributed by atoms with Gasteiger partial charge in [-0.15, -0.1) is 0 Å². The Bertz CT molecular complexity index is 694. The second-order valence-electron chi connectivity index (χ2n) is 3.92. The number of halogens is 1. The fourth-order valence-corrected chi connectivity index (χ4v) is 3.03. The molecule has 1 aromatic heterocycles. The molecule has 0 saturated carbocycles. The molecule has 102 valence electrons. The van der Waals surface area contributed by atoms with Crippen LogP contribution in [0.4, 0.5) is 5.69 Å². The Hall–Kier alpha value is -1.31. The Kier molecular flexibility index (Phi) is 3.98.